The molecule has 5 heteroatoms. The van der Waals surface area contributed by atoms with Gasteiger partial charge >= 0.3 is 0 Å². The molecule has 0 radical (unpaired) electrons. The van der Waals surface area contributed by atoms with E-state index in [0.717, 1.165) is 29.1 Å². The number of halogens is 1. The smallest absolute Gasteiger partial charge is 0.106 e. The molecule has 0 unspecified atom stereocenters. The zero-order valence-corrected chi connectivity index (χ0v) is 15.7. The van der Waals surface area contributed by atoms with Crippen molar-refractivity contribution in [1.82, 2.24) is 5.32 Å². The molecule has 0 saturated carbocycles. The Labute approximate surface area is 152 Å². The average molecular weight is 359 g/mol. The van der Waals surface area contributed by atoms with Crippen LogP contribution in [0.4, 0.5) is 0 Å². The number of hydrogen-bond donors (Lipinski definition) is 3. The second-order valence-corrected chi connectivity index (χ2v) is 6.24. The predicted octanol–water partition coefficient (Wildman–Crippen LogP) is 3.60. The molecule has 0 spiro atoms. The first kappa shape index (κ1) is 22.3. The molecular formula is C18H31ClN2OS. The second-order valence-electron chi connectivity index (χ2n) is 5.83. The van der Waals surface area contributed by atoms with Crippen molar-refractivity contribution in [2.24, 2.45) is 5.73 Å². The summed E-state index contributed by atoms with van der Waals surface area (Å²) < 4.78 is 0. The fraction of sp³-hybridized carbons (Fsp3) is 0.611. The van der Waals surface area contributed by atoms with Crippen LogP contribution in [0.2, 0.25) is 0 Å². The minimum atomic E-state index is -0.234. The molecule has 0 aliphatic heterocycles. The van der Waals surface area contributed by atoms with Crippen molar-refractivity contribution in [3.63, 3.8) is 0 Å². The zero-order chi connectivity index (χ0) is 16.2. The van der Waals surface area contributed by atoms with Gasteiger partial charge in [-0.1, -0.05) is 75.5 Å². The molecule has 1 aromatic carbocycles. The van der Waals surface area contributed by atoms with E-state index in [1.807, 2.05) is 24.3 Å². The molecule has 3 nitrogen and oxygen atoms in total. The lowest BCUT2D eigenvalue weighted by Gasteiger charge is -2.15. The van der Waals surface area contributed by atoms with E-state index < -0.39 is 0 Å². The SMILES string of the molecule is CCCCCCCCNC(=S)c1ccccc1C[C@H](N)CO.Cl. The van der Waals surface area contributed by atoms with Crippen LogP contribution in [-0.4, -0.2) is 29.3 Å². The number of aliphatic hydroxyl groups is 1. The summed E-state index contributed by atoms with van der Waals surface area (Å²) >= 11 is 5.50. The molecule has 4 N–H and O–H groups in total. The highest BCUT2D eigenvalue weighted by Gasteiger charge is 2.10. The standard InChI is InChI=1S/C18H30N2OS.ClH/c1-2-3-4-5-6-9-12-20-18(22)17-11-8-7-10-15(17)13-16(19)14-21;/h7-8,10-11,16,21H,2-6,9,12-14,19H2,1H3,(H,20,22);1H/t16-;/m0./s1. The third-order valence-electron chi connectivity index (χ3n) is 3.79. The summed E-state index contributed by atoms with van der Waals surface area (Å²) in [4.78, 5) is 0.786. The number of aliphatic hydroxyl groups excluding tert-OH is 1. The van der Waals surface area contributed by atoms with Crippen LogP contribution in [0.5, 0.6) is 0 Å². The van der Waals surface area contributed by atoms with Gasteiger partial charge in [-0.25, -0.2) is 0 Å². The Morgan fingerprint density at radius 3 is 2.52 bits per heavy atom. The van der Waals surface area contributed by atoms with Crippen LogP contribution < -0.4 is 11.1 Å². The van der Waals surface area contributed by atoms with Gasteiger partial charge in [0, 0.05) is 18.2 Å². The highest BCUT2D eigenvalue weighted by Crippen LogP contribution is 2.12. The minimum absolute atomic E-state index is 0. The highest BCUT2D eigenvalue weighted by molar-refractivity contribution is 7.80. The van der Waals surface area contributed by atoms with Gasteiger partial charge < -0.3 is 16.2 Å². The summed E-state index contributed by atoms with van der Waals surface area (Å²) in [6, 6.07) is 7.79. The fourth-order valence-electron chi connectivity index (χ4n) is 2.47. The quantitative estimate of drug-likeness (QED) is 0.418. The Kier molecular flexibility index (Phi) is 13.3. The monoisotopic (exact) mass is 358 g/mol. The lowest BCUT2D eigenvalue weighted by molar-refractivity contribution is 0.265. The van der Waals surface area contributed by atoms with Crippen LogP contribution >= 0.6 is 24.6 Å². The molecule has 132 valence electrons. The zero-order valence-electron chi connectivity index (χ0n) is 14.1. The van der Waals surface area contributed by atoms with Crippen LogP contribution in [0, 0.1) is 0 Å². The molecule has 1 aromatic rings. The summed E-state index contributed by atoms with van der Waals surface area (Å²) in [5.41, 5.74) is 7.98. The van der Waals surface area contributed by atoms with Gasteiger partial charge in [0.15, 0.2) is 0 Å². The summed E-state index contributed by atoms with van der Waals surface area (Å²) in [5, 5.41) is 12.5. The van der Waals surface area contributed by atoms with Gasteiger partial charge in [-0.2, -0.15) is 0 Å². The maximum atomic E-state index is 9.11. The van der Waals surface area contributed by atoms with E-state index in [1.54, 1.807) is 0 Å². The van der Waals surface area contributed by atoms with Gasteiger partial charge in [-0.05, 0) is 18.4 Å². The van der Waals surface area contributed by atoms with E-state index >= 15 is 0 Å². The number of nitrogens with one attached hydrogen (secondary N) is 1. The molecule has 0 aliphatic carbocycles. The molecule has 0 heterocycles. The Morgan fingerprint density at radius 1 is 1.17 bits per heavy atom. The van der Waals surface area contributed by atoms with Crippen molar-refractivity contribution < 1.29 is 5.11 Å². The molecule has 1 atom stereocenters. The molecule has 0 aromatic heterocycles. The lowest BCUT2D eigenvalue weighted by atomic mass is 10.0. The Morgan fingerprint density at radius 2 is 1.83 bits per heavy atom. The van der Waals surface area contributed by atoms with Crippen molar-refractivity contribution >= 4 is 29.6 Å². The first-order valence-electron chi connectivity index (χ1n) is 8.41. The molecule has 0 aliphatic rings. The molecule has 1 rings (SSSR count). The van der Waals surface area contributed by atoms with E-state index in [4.69, 9.17) is 23.1 Å². The normalized spacial score (nSPS) is 11.6. The van der Waals surface area contributed by atoms with Gasteiger partial charge in [0.25, 0.3) is 0 Å². The van der Waals surface area contributed by atoms with E-state index in [9.17, 15) is 0 Å². The van der Waals surface area contributed by atoms with Crippen LogP contribution in [0.3, 0.4) is 0 Å². The highest BCUT2D eigenvalue weighted by atomic mass is 35.5. The van der Waals surface area contributed by atoms with Crippen LogP contribution in [0.1, 0.15) is 56.6 Å². The van der Waals surface area contributed by atoms with E-state index in [0.29, 0.717) is 6.42 Å². The lowest BCUT2D eigenvalue weighted by Crippen LogP contribution is -2.29. The van der Waals surface area contributed by atoms with Crippen molar-refractivity contribution in [1.29, 1.82) is 0 Å². The van der Waals surface area contributed by atoms with Gasteiger partial charge in [0.2, 0.25) is 0 Å². The number of hydrogen-bond acceptors (Lipinski definition) is 3. The van der Waals surface area contributed by atoms with Crippen LogP contribution in [-0.2, 0) is 6.42 Å². The van der Waals surface area contributed by atoms with Crippen molar-refractivity contribution in [3.05, 3.63) is 35.4 Å². The Hall–Kier alpha value is -0.680. The third kappa shape index (κ3) is 9.26. The molecule has 0 fully saturated rings. The van der Waals surface area contributed by atoms with Crippen LogP contribution in [0.25, 0.3) is 0 Å². The molecular weight excluding hydrogens is 328 g/mol. The average Bonchev–Trinajstić information content (AvgIpc) is 2.54. The van der Waals surface area contributed by atoms with Gasteiger partial charge in [-0.3, -0.25) is 0 Å². The Bertz CT molecular complexity index is 443. The van der Waals surface area contributed by atoms with Gasteiger partial charge in [0.1, 0.15) is 4.99 Å². The first-order chi connectivity index (χ1) is 10.7. The Balaban J connectivity index is 0.00000484. The first-order valence-corrected chi connectivity index (χ1v) is 8.82. The summed E-state index contributed by atoms with van der Waals surface area (Å²) in [7, 11) is 0. The number of rotatable bonds is 11. The van der Waals surface area contributed by atoms with E-state index in [2.05, 4.69) is 12.2 Å². The second kappa shape index (κ2) is 13.7. The number of benzene rings is 1. The summed E-state index contributed by atoms with van der Waals surface area (Å²) in [6.07, 6.45) is 8.33. The molecule has 0 bridgehead atoms. The fourth-order valence-corrected chi connectivity index (χ4v) is 2.77. The summed E-state index contributed by atoms with van der Waals surface area (Å²) in [6.45, 7) is 3.15. The van der Waals surface area contributed by atoms with Crippen molar-refractivity contribution in [3.8, 4) is 0 Å². The third-order valence-corrected chi connectivity index (χ3v) is 4.16. The molecule has 23 heavy (non-hydrogen) atoms. The van der Waals surface area contributed by atoms with Crippen LogP contribution in [0.15, 0.2) is 24.3 Å². The molecule has 0 saturated heterocycles. The maximum Gasteiger partial charge on any atom is 0.106 e. The van der Waals surface area contributed by atoms with Gasteiger partial charge in [0.05, 0.1) is 6.61 Å². The number of nitrogens with two attached hydrogens (primary N) is 1. The molecule has 0 amide bonds. The topological polar surface area (TPSA) is 58.3 Å². The number of thiocarbonyl (C=S) groups is 1. The van der Waals surface area contributed by atoms with Gasteiger partial charge in [-0.15, -0.1) is 12.4 Å². The minimum Gasteiger partial charge on any atom is -0.395 e. The summed E-state index contributed by atoms with van der Waals surface area (Å²) in [5.74, 6) is 0. The van der Waals surface area contributed by atoms with E-state index in [-0.39, 0.29) is 25.1 Å². The maximum absolute atomic E-state index is 9.11. The van der Waals surface area contributed by atoms with Crippen molar-refractivity contribution in [2.75, 3.05) is 13.2 Å². The largest absolute Gasteiger partial charge is 0.395 e. The predicted molar refractivity (Wildman–Crippen MR) is 106 cm³/mol. The van der Waals surface area contributed by atoms with Crippen molar-refractivity contribution in [2.45, 2.75) is 57.9 Å². The van der Waals surface area contributed by atoms with E-state index in [1.165, 1.54) is 32.1 Å². The number of unbranched alkanes of at least 4 members (excludes halogenated alkanes) is 5.